The van der Waals surface area contributed by atoms with Gasteiger partial charge in [-0.25, -0.2) is 0 Å². The molecule has 2 heteroatoms. The average molecular weight is 186 g/mol. The molecule has 0 aromatic carbocycles. The molecule has 2 rings (SSSR count). The third kappa shape index (κ3) is 1.69. The Morgan fingerprint density at radius 3 is 2.86 bits per heavy atom. The molecule has 0 amide bonds. The molecule has 0 fully saturated rings. The van der Waals surface area contributed by atoms with Gasteiger partial charge in [-0.3, -0.25) is 4.98 Å². The highest BCUT2D eigenvalue weighted by Gasteiger charge is 2.10. The summed E-state index contributed by atoms with van der Waals surface area (Å²) < 4.78 is 0. The Labute approximate surface area is 84.6 Å². The zero-order valence-corrected chi connectivity index (χ0v) is 8.57. The molecule has 0 unspecified atom stereocenters. The van der Waals surface area contributed by atoms with E-state index in [-0.39, 0.29) is 0 Å². The molecule has 1 aliphatic rings. The van der Waals surface area contributed by atoms with Crippen LogP contribution < -0.4 is 4.90 Å². The first-order valence-corrected chi connectivity index (χ1v) is 4.80. The van der Waals surface area contributed by atoms with Gasteiger partial charge >= 0.3 is 0 Å². The maximum absolute atomic E-state index is 4.12. The van der Waals surface area contributed by atoms with E-state index in [0.29, 0.717) is 0 Å². The fourth-order valence-corrected chi connectivity index (χ4v) is 1.67. The first-order chi connectivity index (χ1) is 6.77. The van der Waals surface area contributed by atoms with Crippen LogP contribution in [-0.4, -0.2) is 11.5 Å². The number of hydrogen-bond donors (Lipinski definition) is 0. The van der Waals surface area contributed by atoms with Crippen LogP contribution in [0.1, 0.15) is 13.8 Å². The van der Waals surface area contributed by atoms with Gasteiger partial charge in [0.2, 0.25) is 0 Å². The van der Waals surface area contributed by atoms with E-state index in [1.807, 2.05) is 12.3 Å². The van der Waals surface area contributed by atoms with Gasteiger partial charge in [-0.2, -0.15) is 0 Å². The van der Waals surface area contributed by atoms with Gasteiger partial charge in [-0.1, -0.05) is 11.6 Å². The van der Waals surface area contributed by atoms with Gasteiger partial charge in [0.15, 0.2) is 0 Å². The summed E-state index contributed by atoms with van der Waals surface area (Å²) in [4.78, 5) is 6.37. The Morgan fingerprint density at radius 1 is 1.36 bits per heavy atom. The van der Waals surface area contributed by atoms with Crippen molar-refractivity contribution in [2.45, 2.75) is 13.8 Å². The Kier molecular flexibility index (Phi) is 2.35. The molecule has 1 aromatic rings. The molecule has 2 nitrogen and oxygen atoms in total. The molecule has 2 heterocycles. The van der Waals surface area contributed by atoms with Crippen LogP contribution in [0.25, 0.3) is 0 Å². The topological polar surface area (TPSA) is 16.1 Å². The van der Waals surface area contributed by atoms with Crippen LogP contribution in [-0.2, 0) is 0 Å². The van der Waals surface area contributed by atoms with Crippen molar-refractivity contribution in [1.82, 2.24) is 4.98 Å². The summed E-state index contributed by atoms with van der Waals surface area (Å²) in [7, 11) is 0. The van der Waals surface area contributed by atoms with Crippen molar-refractivity contribution in [3.63, 3.8) is 0 Å². The van der Waals surface area contributed by atoms with Crippen molar-refractivity contribution in [3.05, 3.63) is 47.9 Å². The van der Waals surface area contributed by atoms with E-state index in [1.165, 1.54) is 11.3 Å². The molecular formula is C12H14N2. The van der Waals surface area contributed by atoms with E-state index in [4.69, 9.17) is 0 Å². The third-order valence-electron chi connectivity index (χ3n) is 2.42. The van der Waals surface area contributed by atoms with Crippen LogP contribution in [0.3, 0.4) is 0 Å². The van der Waals surface area contributed by atoms with Crippen molar-refractivity contribution in [2.24, 2.45) is 0 Å². The molecule has 0 N–H and O–H groups in total. The Hall–Kier alpha value is -1.57. The number of hydrogen-bond acceptors (Lipinski definition) is 2. The Balaban J connectivity index is 2.27. The normalized spacial score (nSPS) is 16.3. The summed E-state index contributed by atoms with van der Waals surface area (Å²) >= 11 is 0. The van der Waals surface area contributed by atoms with Crippen molar-refractivity contribution in [1.29, 1.82) is 0 Å². The smallest absolute Gasteiger partial charge is 0.0597 e. The molecule has 0 saturated carbocycles. The number of rotatable bonds is 1. The minimum atomic E-state index is 0.944. The Morgan fingerprint density at radius 2 is 2.21 bits per heavy atom. The van der Waals surface area contributed by atoms with Crippen LogP contribution in [0.2, 0.25) is 0 Å². The molecular weight excluding hydrogens is 172 g/mol. The fraction of sp³-hybridized carbons (Fsp3) is 0.250. The highest BCUT2D eigenvalue weighted by atomic mass is 15.1. The minimum Gasteiger partial charge on any atom is -0.340 e. The van der Waals surface area contributed by atoms with E-state index in [9.17, 15) is 0 Å². The number of aromatic nitrogens is 1. The lowest BCUT2D eigenvalue weighted by Crippen LogP contribution is -2.23. The number of anilines is 1. The van der Waals surface area contributed by atoms with Gasteiger partial charge in [0, 0.05) is 18.4 Å². The molecule has 1 aliphatic heterocycles. The van der Waals surface area contributed by atoms with Crippen LogP contribution >= 0.6 is 0 Å². The Bertz CT molecular complexity index is 377. The molecule has 1 aromatic heterocycles. The summed E-state index contributed by atoms with van der Waals surface area (Å²) in [5.41, 5.74) is 3.77. The van der Waals surface area contributed by atoms with Gasteiger partial charge in [0.1, 0.15) is 0 Å². The largest absolute Gasteiger partial charge is 0.340 e. The van der Waals surface area contributed by atoms with E-state index < -0.39 is 0 Å². The maximum atomic E-state index is 4.12. The van der Waals surface area contributed by atoms with Gasteiger partial charge < -0.3 is 4.90 Å². The third-order valence-corrected chi connectivity index (χ3v) is 2.42. The summed E-state index contributed by atoms with van der Waals surface area (Å²) in [5, 5.41) is 0. The molecule has 0 atom stereocenters. The van der Waals surface area contributed by atoms with Gasteiger partial charge in [0.25, 0.3) is 0 Å². The standard InChI is InChI=1S/C12H14N2/c1-10-5-7-14(11(2)8-10)12-4-3-6-13-9-12/h3-6,8-9H,7H2,1-2H3. The molecule has 0 spiro atoms. The first kappa shape index (κ1) is 9.00. The zero-order valence-electron chi connectivity index (χ0n) is 8.57. The lowest BCUT2D eigenvalue weighted by molar-refractivity contribution is 0.971. The maximum Gasteiger partial charge on any atom is 0.0597 e. The van der Waals surface area contributed by atoms with Crippen molar-refractivity contribution >= 4 is 5.69 Å². The second-order valence-electron chi connectivity index (χ2n) is 3.56. The average Bonchev–Trinajstić information content (AvgIpc) is 2.19. The number of nitrogens with zero attached hydrogens (tertiary/aromatic N) is 2. The van der Waals surface area contributed by atoms with Crippen LogP contribution in [0.4, 0.5) is 5.69 Å². The highest BCUT2D eigenvalue weighted by molar-refractivity contribution is 5.53. The molecule has 72 valence electrons. The number of allylic oxidation sites excluding steroid dienone is 3. The second-order valence-corrected chi connectivity index (χ2v) is 3.56. The van der Waals surface area contributed by atoms with E-state index >= 15 is 0 Å². The summed E-state index contributed by atoms with van der Waals surface area (Å²) in [6.45, 7) is 5.20. The SMILES string of the molecule is CC1=CCN(c2cccnc2)C(C)=C1. The zero-order chi connectivity index (χ0) is 9.97. The molecule has 0 radical (unpaired) electrons. The first-order valence-electron chi connectivity index (χ1n) is 4.80. The fourth-order valence-electron chi connectivity index (χ4n) is 1.67. The molecule has 14 heavy (non-hydrogen) atoms. The molecule has 0 saturated heterocycles. The van der Waals surface area contributed by atoms with Gasteiger partial charge in [-0.15, -0.1) is 0 Å². The van der Waals surface area contributed by atoms with E-state index in [1.54, 1.807) is 6.20 Å². The van der Waals surface area contributed by atoms with Crippen molar-refractivity contribution in [2.75, 3.05) is 11.4 Å². The lowest BCUT2D eigenvalue weighted by Gasteiger charge is -2.26. The predicted octanol–water partition coefficient (Wildman–Crippen LogP) is 2.75. The number of pyridine rings is 1. The molecule has 0 aliphatic carbocycles. The van der Waals surface area contributed by atoms with Crippen LogP contribution in [0, 0.1) is 0 Å². The van der Waals surface area contributed by atoms with Gasteiger partial charge in [-0.05, 0) is 32.1 Å². The summed E-state index contributed by atoms with van der Waals surface area (Å²) in [6.07, 6.45) is 8.11. The van der Waals surface area contributed by atoms with Crippen molar-refractivity contribution < 1.29 is 0 Å². The monoisotopic (exact) mass is 186 g/mol. The van der Waals surface area contributed by atoms with Gasteiger partial charge in [0.05, 0.1) is 11.9 Å². The van der Waals surface area contributed by atoms with E-state index in [0.717, 1.165) is 12.2 Å². The predicted molar refractivity (Wildman–Crippen MR) is 59.1 cm³/mol. The quantitative estimate of drug-likeness (QED) is 0.670. The highest BCUT2D eigenvalue weighted by Crippen LogP contribution is 2.21. The molecule has 0 bridgehead atoms. The second kappa shape index (κ2) is 3.66. The lowest BCUT2D eigenvalue weighted by atomic mass is 10.1. The van der Waals surface area contributed by atoms with Crippen molar-refractivity contribution in [3.8, 4) is 0 Å². The van der Waals surface area contributed by atoms with Crippen LogP contribution in [0.5, 0.6) is 0 Å². The van der Waals surface area contributed by atoms with Crippen LogP contribution in [0.15, 0.2) is 47.9 Å². The van der Waals surface area contributed by atoms with E-state index in [2.05, 4.69) is 41.9 Å². The summed E-state index contributed by atoms with van der Waals surface area (Å²) in [5.74, 6) is 0. The summed E-state index contributed by atoms with van der Waals surface area (Å²) in [6, 6.07) is 4.05. The minimum absolute atomic E-state index is 0.944.